The van der Waals surface area contributed by atoms with Crippen molar-refractivity contribution in [3.63, 3.8) is 0 Å². The molecule has 1 aliphatic rings. The topological polar surface area (TPSA) is 63.0 Å². The Morgan fingerprint density at radius 1 is 0.973 bits per heavy atom. The van der Waals surface area contributed by atoms with Gasteiger partial charge in [0.15, 0.2) is 0 Å². The van der Waals surface area contributed by atoms with Gasteiger partial charge < -0.3 is 14.1 Å². The molecule has 0 spiro atoms. The molecule has 190 valence electrons. The lowest BCUT2D eigenvalue weighted by Crippen LogP contribution is -2.46. The average Bonchev–Trinajstić information content (AvgIpc) is 2.91. The van der Waals surface area contributed by atoms with E-state index in [0.29, 0.717) is 28.3 Å². The van der Waals surface area contributed by atoms with Gasteiger partial charge in [0.1, 0.15) is 5.58 Å². The first-order valence-electron chi connectivity index (χ1n) is 12.5. The molecule has 1 aliphatic heterocycles. The van der Waals surface area contributed by atoms with Crippen molar-refractivity contribution in [2.24, 2.45) is 0 Å². The normalized spacial score (nSPS) is 14.2. The second-order valence-electron chi connectivity index (χ2n) is 9.13. The number of hydrogen-bond donors (Lipinski definition) is 0. The molecule has 7 heteroatoms. The lowest BCUT2D eigenvalue weighted by Gasteiger charge is -2.36. The van der Waals surface area contributed by atoms with Crippen LogP contribution in [0.1, 0.15) is 18.1 Å². The Balaban J connectivity index is 1.49. The predicted molar refractivity (Wildman–Crippen MR) is 147 cm³/mol. The largest absolute Gasteiger partial charge is 0.466 e. The summed E-state index contributed by atoms with van der Waals surface area (Å²) in [5.41, 5.74) is 3.86. The third-order valence-electron chi connectivity index (χ3n) is 6.75. The van der Waals surface area contributed by atoms with Gasteiger partial charge >= 0.3 is 11.6 Å². The molecule has 0 saturated carbocycles. The number of nitrogens with zero attached hydrogens (tertiary/aromatic N) is 2. The van der Waals surface area contributed by atoms with Gasteiger partial charge in [0.2, 0.25) is 0 Å². The number of carbonyl (C=O) groups excluding carboxylic acids is 1. The minimum Gasteiger partial charge on any atom is -0.466 e. The zero-order chi connectivity index (χ0) is 25.8. The van der Waals surface area contributed by atoms with E-state index in [2.05, 4.69) is 34.1 Å². The van der Waals surface area contributed by atoms with Crippen LogP contribution in [-0.2, 0) is 22.5 Å². The standard InChI is InChI=1S/C30H29ClN2O4/c1-2-36-28(34)18-25-29(21-9-5-3-6-10-21)24-17-22(26(31)19-27(24)37-30(25)35)20-32-13-15-33(16-14-32)23-11-7-4-8-12-23/h3-12,17,19H,2,13-16,18,20H2,1H3. The summed E-state index contributed by atoms with van der Waals surface area (Å²) in [6.45, 7) is 6.35. The van der Waals surface area contributed by atoms with Gasteiger partial charge in [-0.3, -0.25) is 9.69 Å². The molecule has 0 radical (unpaired) electrons. The molecule has 0 bridgehead atoms. The monoisotopic (exact) mass is 516 g/mol. The number of carbonyl (C=O) groups is 1. The van der Waals surface area contributed by atoms with E-state index < -0.39 is 11.6 Å². The van der Waals surface area contributed by atoms with Gasteiger partial charge in [0, 0.05) is 60.4 Å². The number of rotatable bonds is 7. The fourth-order valence-corrected chi connectivity index (χ4v) is 5.14. The molecule has 37 heavy (non-hydrogen) atoms. The maximum Gasteiger partial charge on any atom is 0.340 e. The molecule has 2 heterocycles. The highest BCUT2D eigenvalue weighted by Gasteiger charge is 2.22. The predicted octanol–water partition coefficient (Wildman–Crippen LogP) is 5.54. The summed E-state index contributed by atoms with van der Waals surface area (Å²) in [4.78, 5) is 30.1. The molecule has 0 unspecified atom stereocenters. The number of fused-ring (bicyclic) bond motifs is 1. The van der Waals surface area contributed by atoms with Crippen LogP contribution >= 0.6 is 11.6 Å². The van der Waals surface area contributed by atoms with E-state index in [1.165, 1.54) is 5.69 Å². The van der Waals surface area contributed by atoms with Crippen molar-refractivity contribution in [2.75, 3.05) is 37.7 Å². The Hall–Kier alpha value is -3.61. The molecular formula is C30H29ClN2O4. The fourth-order valence-electron chi connectivity index (χ4n) is 4.92. The highest BCUT2D eigenvalue weighted by atomic mass is 35.5. The number of piperazine rings is 1. The Morgan fingerprint density at radius 2 is 1.65 bits per heavy atom. The third-order valence-corrected chi connectivity index (χ3v) is 7.10. The molecule has 0 aliphatic carbocycles. The summed E-state index contributed by atoms with van der Waals surface area (Å²) < 4.78 is 10.8. The summed E-state index contributed by atoms with van der Waals surface area (Å²) in [5, 5.41) is 1.31. The summed E-state index contributed by atoms with van der Waals surface area (Å²) in [6, 6.07) is 23.8. The van der Waals surface area contributed by atoms with Crippen LogP contribution in [0.25, 0.3) is 22.1 Å². The van der Waals surface area contributed by atoms with Crippen molar-refractivity contribution < 1.29 is 13.9 Å². The zero-order valence-electron chi connectivity index (χ0n) is 20.8. The van der Waals surface area contributed by atoms with E-state index in [0.717, 1.165) is 42.7 Å². The molecular weight excluding hydrogens is 488 g/mol. The van der Waals surface area contributed by atoms with Gasteiger partial charge in [-0.25, -0.2) is 4.79 Å². The van der Waals surface area contributed by atoms with Crippen LogP contribution in [0.5, 0.6) is 0 Å². The Bertz CT molecular complexity index is 1450. The molecule has 0 N–H and O–H groups in total. The van der Waals surface area contributed by atoms with Gasteiger partial charge in [0.05, 0.1) is 18.6 Å². The Labute approximate surface area is 221 Å². The molecule has 0 atom stereocenters. The van der Waals surface area contributed by atoms with Crippen LogP contribution in [0.3, 0.4) is 0 Å². The Kier molecular flexibility index (Phi) is 7.58. The van der Waals surface area contributed by atoms with Crippen molar-refractivity contribution in [2.45, 2.75) is 19.9 Å². The maximum atomic E-state index is 13.0. The van der Waals surface area contributed by atoms with E-state index in [1.54, 1.807) is 13.0 Å². The first-order chi connectivity index (χ1) is 18.0. The molecule has 3 aromatic carbocycles. The van der Waals surface area contributed by atoms with Crippen LogP contribution in [0.2, 0.25) is 5.02 Å². The van der Waals surface area contributed by atoms with Gasteiger partial charge in [-0.05, 0) is 36.2 Å². The van der Waals surface area contributed by atoms with E-state index in [4.69, 9.17) is 20.8 Å². The zero-order valence-corrected chi connectivity index (χ0v) is 21.5. The number of halogens is 1. The second kappa shape index (κ2) is 11.2. The fraction of sp³-hybridized carbons (Fsp3) is 0.267. The molecule has 1 aromatic heterocycles. The van der Waals surface area contributed by atoms with Crippen molar-refractivity contribution in [1.29, 1.82) is 0 Å². The van der Waals surface area contributed by atoms with Crippen molar-refractivity contribution in [1.82, 2.24) is 4.90 Å². The van der Waals surface area contributed by atoms with Crippen LogP contribution < -0.4 is 10.5 Å². The average molecular weight is 517 g/mol. The summed E-state index contributed by atoms with van der Waals surface area (Å²) in [7, 11) is 0. The lowest BCUT2D eigenvalue weighted by molar-refractivity contribution is -0.142. The maximum absolute atomic E-state index is 13.0. The minimum atomic E-state index is -0.555. The molecule has 5 rings (SSSR count). The van der Waals surface area contributed by atoms with Crippen LogP contribution in [-0.4, -0.2) is 43.7 Å². The van der Waals surface area contributed by atoms with Crippen LogP contribution in [0.4, 0.5) is 5.69 Å². The minimum absolute atomic E-state index is 0.157. The van der Waals surface area contributed by atoms with Crippen LogP contribution in [0.15, 0.2) is 82.0 Å². The van der Waals surface area contributed by atoms with Crippen molar-refractivity contribution in [3.8, 4) is 11.1 Å². The highest BCUT2D eigenvalue weighted by Crippen LogP contribution is 2.34. The summed E-state index contributed by atoms with van der Waals surface area (Å²) in [6.07, 6.45) is -0.157. The van der Waals surface area contributed by atoms with E-state index >= 15 is 0 Å². The third kappa shape index (κ3) is 5.55. The lowest BCUT2D eigenvalue weighted by atomic mass is 9.94. The van der Waals surface area contributed by atoms with Crippen molar-refractivity contribution >= 4 is 34.2 Å². The molecule has 1 saturated heterocycles. The van der Waals surface area contributed by atoms with Crippen molar-refractivity contribution in [3.05, 3.63) is 99.4 Å². The van der Waals surface area contributed by atoms with Gasteiger partial charge in [-0.1, -0.05) is 60.1 Å². The number of ether oxygens (including phenoxy) is 1. The van der Waals surface area contributed by atoms with Gasteiger partial charge in [-0.15, -0.1) is 0 Å². The highest BCUT2D eigenvalue weighted by molar-refractivity contribution is 6.32. The van der Waals surface area contributed by atoms with E-state index in [9.17, 15) is 9.59 Å². The van der Waals surface area contributed by atoms with Crippen LogP contribution in [0, 0.1) is 0 Å². The summed E-state index contributed by atoms with van der Waals surface area (Å²) >= 11 is 6.69. The first-order valence-corrected chi connectivity index (χ1v) is 12.9. The van der Waals surface area contributed by atoms with E-state index in [-0.39, 0.29) is 13.0 Å². The number of para-hydroxylation sites is 1. The smallest absolute Gasteiger partial charge is 0.340 e. The number of hydrogen-bond acceptors (Lipinski definition) is 6. The number of anilines is 1. The summed E-state index contributed by atoms with van der Waals surface area (Å²) in [5.74, 6) is -0.461. The Morgan fingerprint density at radius 3 is 2.32 bits per heavy atom. The first kappa shape index (κ1) is 25.1. The van der Waals surface area contributed by atoms with E-state index in [1.807, 2.05) is 42.5 Å². The molecule has 6 nitrogen and oxygen atoms in total. The van der Waals surface area contributed by atoms with Gasteiger partial charge in [0.25, 0.3) is 0 Å². The molecule has 0 amide bonds. The number of esters is 1. The quantitative estimate of drug-likeness (QED) is 0.237. The SMILES string of the molecule is CCOC(=O)Cc1c(-c2ccccc2)c2cc(CN3CCN(c4ccccc4)CC3)c(Cl)cc2oc1=O. The van der Waals surface area contributed by atoms with Gasteiger partial charge in [-0.2, -0.15) is 0 Å². The molecule has 1 fully saturated rings. The molecule has 4 aromatic rings. The number of benzene rings is 3. The second-order valence-corrected chi connectivity index (χ2v) is 9.54.